The number of aldehydes is 1. The maximum Gasteiger partial charge on any atom is 0.150 e. The molecule has 0 saturated carbocycles. The van der Waals surface area contributed by atoms with E-state index in [0.29, 0.717) is 18.5 Å². The van der Waals surface area contributed by atoms with Gasteiger partial charge >= 0.3 is 0 Å². The zero-order valence-electron chi connectivity index (χ0n) is 7.81. The van der Waals surface area contributed by atoms with Gasteiger partial charge < -0.3 is 10.9 Å². The second-order valence-electron chi connectivity index (χ2n) is 3.10. The largest absolute Gasteiger partial charge is 0.323 e. The van der Waals surface area contributed by atoms with Gasteiger partial charge in [-0.25, -0.2) is 5.48 Å². The number of hydroxylamine groups is 1. The van der Waals surface area contributed by atoms with Crippen molar-refractivity contribution in [2.24, 2.45) is 5.73 Å². The lowest BCUT2D eigenvalue weighted by Gasteiger charge is -2.12. The summed E-state index contributed by atoms with van der Waals surface area (Å²) in [6.07, 6.45) is 8.70. The smallest absolute Gasteiger partial charge is 0.150 e. The van der Waals surface area contributed by atoms with Crippen LogP contribution in [0.1, 0.15) is 6.42 Å². The van der Waals surface area contributed by atoms with Gasteiger partial charge in [0, 0.05) is 18.2 Å². The van der Waals surface area contributed by atoms with Crippen LogP contribution in [0.15, 0.2) is 35.5 Å². The standard InChI is InChI=1S/C10H14N2O2/c11-10(6-12-14)9-3-1-2-8(7-13)4-5-9/h1-2,4-5,7,10,12,14H,3,6,11H2. The highest BCUT2D eigenvalue weighted by atomic mass is 16.5. The Morgan fingerprint density at radius 1 is 1.64 bits per heavy atom. The molecule has 0 aromatic carbocycles. The number of hydrogen-bond acceptors (Lipinski definition) is 4. The summed E-state index contributed by atoms with van der Waals surface area (Å²) in [7, 11) is 0. The van der Waals surface area contributed by atoms with Gasteiger partial charge in [0.1, 0.15) is 6.29 Å². The summed E-state index contributed by atoms with van der Waals surface area (Å²) < 4.78 is 0. The molecule has 1 atom stereocenters. The molecule has 0 aromatic heterocycles. The molecular weight excluding hydrogens is 180 g/mol. The molecule has 0 amide bonds. The van der Waals surface area contributed by atoms with Crippen molar-refractivity contribution in [2.75, 3.05) is 6.54 Å². The van der Waals surface area contributed by atoms with Crippen LogP contribution in [0, 0.1) is 0 Å². The van der Waals surface area contributed by atoms with Gasteiger partial charge in [-0.3, -0.25) is 4.79 Å². The van der Waals surface area contributed by atoms with Crippen LogP contribution in [0.5, 0.6) is 0 Å². The Bertz CT molecular complexity index is 292. The normalized spacial score (nSPS) is 18.1. The van der Waals surface area contributed by atoms with Crippen LogP contribution in [-0.2, 0) is 4.79 Å². The van der Waals surface area contributed by atoms with E-state index in [4.69, 9.17) is 10.9 Å². The summed E-state index contributed by atoms with van der Waals surface area (Å²) >= 11 is 0. The Balaban J connectivity index is 2.72. The van der Waals surface area contributed by atoms with Crippen molar-refractivity contribution in [3.8, 4) is 0 Å². The fourth-order valence-corrected chi connectivity index (χ4v) is 1.24. The Hall–Kier alpha value is -1.23. The van der Waals surface area contributed by atoms with Crippen molar-refractivity contribution in [1.29, 1.82) is 0 Å². The minimum absolute atomic E-state index is 0.230. The quantitative estimate of drug-likeness (QED) is 0.444. The maximum absolute atomic E-state index is 10.5. The summed E-state index contributed by atoms with van der Waals surface area (Å²) in [5.41, 5.74) is 9.42. The summed E-state index contributed by atoms with van der Waals surface area (Å²) in [6.45, 7) is 0.309. The zero-order chi connectivity index (χ0) is 10.4. The van der Waals surface area contributed by atoms with E-state index in [2.05, 4.69) is 0 Å². The van der Waals surface area contributed by atoms with Crippen LogP contribution in [0.2, 0.25) is 0 Å². The summed E-state index contributed by atoms with van der Waals surface area (Å²) in [6, 6.07) is -0.230. The van der Waals surface area contributed by atoms with E-state index in [1.165, 1.54) is 0 Å². The lowest BCUT2D eigenvalue weighted by Crippen LogP contribution is -2.33. The first-order chi connectivity index (χ1) is 6.77. The Morgan fingerprint density at radius 2 is 2.43 bits per heavy atom. The third kappa shape index (κ3) is 2.92. The molecule has 1 rings (SSSR count). The molecule has 4 N–H and O–H groups in total. The minimum Gasteiger partial charge on any atom is -0.323 e. The molecule has 1 unspecified atom stereocenters. The average Bonchev–Trinajstić information content (AvgIpc) is 2.42. The highest BCUT2D eigenvalue weighted by Gasteiger charge is 2.08. The number of hydrogen-bond donors (Lipinski definition) is 3. The number of carbonyl (C=O) groups excluding carboxylic acids is 1. The predicted molar refractivity (Wildman–Crippen MR) is 53.8 cm³/mol. The number of rotatable bonds is 4. The van der Waals surface area contributed by atoms with E-state index in [-0.39, 0.29) is 6.04 Å². The first-order valence-electron chi connectivity index (χ1n) is 4.43. The van der Waals surface area contributed by atoms with Crippen molar-refractivity contribution < 1.29 is 10.0 Å². The predicted octanol–water partition coefficient (Wildman–Crippen LogP) is 0.304. The van der Waals surface area contributed by atoms with Crippen LogP contribution in [-0.4, -0.2) is 24.1 Å². The van der Waals surface area contributed by atoms with Crippen LogP contribution in [0.25, 0.3) is 0 Å². The van der Waals surface area contributed by atoms with Crippen LogP contribution in [0.3, 0.4) is 0 Å². The van der Waals surface area contributed by atoms with Gasteiger partial charge in [-0.05, 0) is 12.0 Å². The van der Waals surface area contributed by atoms with Crippen molar-refractivity contribution in [3.05, 3.63) is 35.5 Å². The second kappa shape index (κ2) is 5.49. The second-order valence-corrected chi connectivity index (χ2v) is 3.10. The molecule has 0 bridgehead atoms. The minimum atomic E-state index is -0.230. The first kappa shape index (κ1) is 10.8. The van der Waals surface area contributed by atoms with Crippen molar-refractivity contribution in [1.82, 2.24) is 5.48 Å². The summed E-state index contributed by atoms with van der Waals surface area (Å²) in [4.78, 5) is 10.5. The van der Waals surface area contributed by atoms with Crippen LogP contribution >= 0.6 is 0 Å². The molecule has 0 fully saturated rings. The lowest BCUT2D eigenvalue weighted by atomic mass is 10.0. The van der Waals surface area contributed by atoms with Gasteiger partial charge in [0.15, 0.2) is 0 Å². The molecular formula is C10H14N2O2. The van der Waals surface area contributed by atoms with Gasteiger partial charge in [-0.2, -0.15) is 0 Å². The fourth-order valence-electron chi connectivity index (χ4n) is 1.24. The molecule has 4 nitrogen and oxygen atoms in total. The summed E-state index contributed by atoms with van der Waals surface area (Å²) in [5.74, 6) is 0. The van der Waals surface area contributed by atoms with Crippen molar-refractivity contribution >= 4 is 6.29 Å². The maximum atomic E-state index is 10.5. The first-order valence-corrected chi connectivity index (χ1v) is 4.43. The number of nitrogens with one attached hydrogen (secondary N) is 1. The van der Waals surface area contributed by atoms with E-state index in [1.807, 2.05) is 17.6 Å². The Labute approximate surface area is 82.7 Å². The van der Waals surface area contributed by atoms with E-state index in [9.17, 15) is 4.79 Å². The number of carbonyl (C=O) groups is 1. The molecule has 1 aliphatic rings. The Morgan fingerprint density at radius 3 is 3.07 bits per heavy atom. The monoisotopic (exact) mass is 194 g/mol. The van der Waals surface area contributed by atoms with E-state index >= 15 is 0 Å². The molecule has 0 heterocycles. The third-order valence-electron chi connectivity index (χ3n) is 2.08. The molecule has 0 saturated heterocycles. The van der Waals surface area contributed by atoms with Gasteiger partial charge in [0.2, 0.25) is 0 Å². The fraction of sp³-hybridized carbons (Fsp3) is 0.300. The van der Waals surface area contributed by atoms with Crippen molar-refractivity contribution in [3.63, 3.8) is 0 Å². The van der Waals surface area contributed by atoms with Gasteiger partial charge in [-0.15, -0.1) is 0 Å². The topological polar surface area (TPSA) is 75.3 Å². The van der Waals surface area contributed by atoms with Crippen LogP contribution < -0.4 is 11.2 Å². The highest BCUT2D eigenvalue weighted by Crippen LogP contribution is 2.12. The molecule has 0 aliphatic heterocycles. The summed E-state index contributed by atoms with van der Waals surface area (Å²) in [5, 5.41) is 8.49. The average molecular weight is 194 g/mol. The molecule has 0 aromatic rings. The lowest BCUT2D eigenvalue weighted by molar-refractivity contribution is -0.104. The number of nitrogens with two attached hydrogens (primary N) is 1. The molecule has 14 heavy (non-hydrogen) atoms. The van der Waals surface area contributed by atoms with Gasteiger partial charge in [0.05, 0.1) is 0 Å². The van der Waals surface area contributed by atoms with Gasteiger partial charge in [-0.1, -0.05) is 24.3 Å². The van der Waals surface area contributed by atoms with Crippen LogP contribution in [0.4, 0.5) is 0 Å². The van der Waals surface area contributed by atoms with E-state index in [1.54, 1.807) is 12.2 Å². The van der Waals surface area contributed by atoms with E-state index in [0.717, 1.165) is 11.9 Å². The van der Waals surface area contributed by atoms with E-state index < -0.39 is 0 Å². The molecule has 0 radical (unpaired) electrons. The number of allylic oxidation sites excluding steroid dienone is 5. The zero-order valence-corrected chi connectivity index (χ0v) is 7.81. The molecule has 1 aliphatic carbocycles. The third-order valence-corrected chi connectivity index (χ3v) is 2.08. The Kier molecular flexibility index (Phi) is 4.25. The van der Waals surface area contributed by atoms with Crippen molar-refractivity contribution in [2.45, 2.75) is 12.5 Å². The molecule has 4 heteroatoms. The molecule has 76 valence electrons. The highest BCUT2D eigenvalue weighted by molar-refractivity contribution is 5.78. The van der Waals surface area contributed by atoms with Gasteiger partial charge in [0.25, 0.3) is 0 Å². The molecule has 0 spiro atoms. The SMILES string of the molecule is NC(CNO)C1=CC=C(C=O)C=CC1.